The summed E-state index contributed by atoms with van der Waals surface area (Å²) in [6.45, 7) is 0.584. The van der Waals surface area contributed by atoms with Gasteiger partial charge in [-0.1, -0.05) is 12.2 Å². The molecule has 1 unspecified atom stereocenters. The predicted octanol–water partition coefficient (Wildman–Crippen LogP) is 0.832. The lowest BCUT2D eigenvalue weighted by Gasteiger charge is -2.29. The van der Waals surface area contributed by atoms with Gasteiger partial charge < -0.3 is 10.2 Å². The third-order valence-corrected chi connectivity index (χ3v) is 3.96. The van der Waals surface area contributed by atoms with Gasteiger partial charge in [0.1, 0.15) is 6.04 Å². The van der Waals surface area contributed by atoms with Crippen molar-refractivity contribution in [3.05, 3.63) is 12.2 Å². The van der Waals surface area contributed by atoms with E-state index in [1.165, 1.54) is 0 Å². The van der Waals surface area contributed by atoms with Crippen molar-refractivity contribution >= 4 is 11.8 Å². The maximum atomic E-state index is 12.4. The smallest absolute Gasteiger partial charge is 0.245 e. The van der Waals surface area contributed by atoms with Crippen LogP contribution in [0.5, 0.6) is 0 Å². The molecule has 1 saturated heterocycles. The zero-order chi connectivity index (χ0) is 11.8. The Hall–Kier alpha value is -1.32. The fourth-order valence-electron chi connectivity index (χ4n) is 2.79. The SMILES string of the molecule is O=C1CCN(C2CC=CC2)C(=O)C(C2CC2)N1. The van der Waals surface area contributed by atoms with Gasteiger partial charge in [0.25, 0.3) is 0 Å². The van der Waals surface area contributed by atoms with E-state index in [9.17, 15) is 9.59 Å². The zero-order valence-corrected chi connectivity index (χ0v) is 9.89. The average Bonchev–Trinajstić information content (AvgIpc) is 3.04. The van der Waals surface area contributed by atoms with E-state index in [2.05, 4.69) is 17.5 Å². The third-order valence-electron chi connectivity index (χ3n) is 3.96. The molecule has 1 aliphatic heterocycles. The van der Waals surface area contributed by atoms with Crippen LogP contribution in [0.2, 0.25) is 0 Å². The second kappa shape index (κ2) is 4.17. The van der Waals surface area contributed by atoms with Gasteiger partial charge in [0, 0.05) is 19.0 Å². The highest BCUT2D eigenvalue weighted by Gasteiger charge is 2.42. The normalized spacial score (nSPS) is 30.6. The zero-order valence-electron chi connectivity index (χ0n) is 9.89. The minimum absolute atomic E-state index is 0.0312. The lowest BCUT2D eigenvalue weighted by atomic mass is 10.1. The van der Waals surface area contributed by atoms with E-state index in [1.54, 1.807) is 0 Å². The van der Waals surface area contributed by atoms with Crippen LogP contribution in [-0.4, -0.2) is 35.3 Å². The first kappa shape index (κ1) is 10.8. The summed E-state index contributed by atoms with van der Waals surface area (Å²) in [6, 6.07) is 0.0436. The molecule has 17 heavy (non-hydrogen) atoms. The molecular weight excluding hydrogens is 216 g/mol. The molecule has 0 radical (unpaired) electrons. The van der Waals surface area contributed by atoms with Crippen molar-refractivity contribution in [1.29, 1.82) is 0 Å². The first-order valence-corrected chi connectivity index (χ1v) is 6.50. The summed E-state index contributed by atoms with van der Waals surface area (Å²) < 4.78 is 0. The third kappa shape index (κ3) is 2.08. The van der Waals surface area contributed by atoms with Crippen LogP contribution >= 0.6 is 0 Å². The number of rotatable bonds is 2. The number of nitrogens with zero attached hydrogens (tertiary/aromatic N) is 1. The summed E-state index contributed by atoms with van der Waals surface area (Å²) in [4.78, 5) is 26.0. The summed E-state index contributed by atoms with van der Waals surface area (Å²) in [6.07, 6.45) is 8.75. The van der Waals surface area contributed by atoms with Crippen molar-refractivity contribution in [2.75, 3.05) is 6.54 Å². The van der Waals surface area contributed by atoms with E-state index < -0.39 is 0 Å². The second-order valence-corrected chi connectivity index (χ2v) is 5.26. The van der Waals surface area contributed by atoms with E-state index in [1.807, 2.05) is 4.90 Å². The summed E-state index contributed by atoms with van der Waals surface area (Å²) in [5.74, 6) is 0.567. The molecule has 0 aromatic heterocycles. The van der Waals surface area contributed by atoms with E-state index >= 15 is 0 Å². The Morgan fingerprint density at radius 3 is 2.53 bits per heavy atom. The molecule has 0 spiro atoms. The molecule has 3 rings (SSSR count). The summed E-state index contributed by atoms with van der Waals surface area (Å²) >= 11 is 0. The van der Waals surface area contributed by atoms with Crippen molar-refractivity contribution in [1.82, 2.24) is 10.2 Å². The van der Waals surface area contributed by atoms with Gasteiger partial charge in [0.05, 0.1) is 0 Å². The maximum absolute atomic E-state index is 12.4. The number of carbonyl (C=O) groups is 2. The Labute approximate surface area is 101 Å². The predicted molar refractivity (Wildman–Crippen MR) is 63.1 cm³/mol. The summed E-state index contributed by atoms with van der Waals surface area (Å²) in [5, 5.41) is 2.89. The van der Waals surface area contributed by atoms with Crippen molar-refractivity contribution in [2.24, 2.45) is 5.92 Å². The molecule has 1 N–H and O–H groups in total. The first-order chi connectivity index (χ1) is 8.25. The minimum Gasteiger partial charge on any atom is -0.344 e. The standard InChI is InChI=1S/C13H18N2O2/c16-11-7-8-15(10-3-1-2-4-10)13(17)12(14-11)9-5-6-9/h1-2,9-10,12H,3-8H2,(H,14,16). The highest BCUT2D eigenvalue weighted by atomic mass is 16.2. The van der Waals surface area contributed by atoms with Crippen LogP contribution in [0.4, 0.5) is 0 Å². The molecule has 0 aromatic carbocycles. The summed E-state index contributed by atoms with van der Waals surface area (Å²) in [5.41, 5.74) is 0. The molecule has 4 heteroatoms. The maximum Gasteiger partial charge on any atom is 0.245 e. The van der Waals surface area contributed by atoms with Crippen molar-refractivity contribution < 1.29 is 9.59 Å². The van der Waals surface area contributed by atoms with Crippen LogP contribution < -0.4 is 5.32 Å². The van der Waals surface area contributed by atoms with Crippen molar-refractivity contribution in [3.63, 3.8) is 0 Å². The number of nitrogens with one attached hydrogen (secondary N) is 1. The van der Waals surface area contributed by atoms with E-state index in [-0.39, 0.29) is 23.9 Å². The summed E-state index contributed by atoms with van der Waals surface area (Å²) in [7, 11) is 0. The Morgan fingerprint density at radius 1 is 1.18 bits per heavy atom. The number of hydrogen-bond donors (Lipinski definition) is 1. The topological polar surface area (TPSA) is 49.4 Å². The van der Waals surface area contributed by atoms with Gasteiger partial charge in [-0.25, -0.2) is 0 Å². The first-order valence-electron chi connectivity index (χ1n) is 6.50. The fourth-order valence-corrected chi connectivity index (χ4v) is 2.79. The molecule has 0 bridgehead atoms. The number of hydrogen-bond acceptors (Lipinski definition) is 2. The fraction of sp³-hybridized carbons (Fsp3) is 0.692. The lowest BCUT2D eigenvalue weighted by Crippen LogP contribution is -2.49. The van der Waals surface area contributed by atoms with Gasteiger partial charge in [-0.3, -0.25) is 9.59 Å². The Balaban J connectivity index is 1.77. The van der Waals surface area contributed by atoms with E-state index in [0.29, 0.717) is 18.9 Å². The van der Waals surface area contributed by atoms with Gasteiger partial charge in [0.2, 0.25) is 11.8 Å². The number of carbonyl (C=O) groups excluding carboxylic acids is 2. The molecule has 2 fully saturated rings. The van der Waals surface area contributed by atoms with Crippen LogP contribution in [0.15, 0.2) is 12.2 Å². The van der Waals surface area contributed by atoms with Gasteiger partial charge >= 0.3 is 0 Å². The average molecular weight is 234 g/mol. The Morgan fingerprint density at radius 2 is 1.88 bits per heavy atom. The molecule has 1 saturated carbocycles. The minimum atomic E-state index is -0.245. The lowest BCUT2D eigenvalue weighted by molar-refractivity contribution is -0.136. The Kier molecular flexibility index (Phi) is 2.65. The molecule has 92 valence electrons. The number of amides is 2. The van der Waals surface area contributed by atoms with E-state index in [4.69, 9.17) is 0 Å². The van der Waals surface area contributed by atoms with Gasteiger partial charge in [0.15, 0.2) is 0 Å². The molecule has 1 atom stereocenters. The van der Waals surface area contributed by atoms with Gasteiger partial charge in [-0.2, -0.15) is 0 Å². The van der Waals surface area contributed by atoms with Crippen LogP contribution in [0.3, 0.4) is 0 Å². The molecule has 0 aromatic rings. The van der Waals surface area contributed by atoms with E-state index in [0.717, 1.165) is 25.7 Å². The van der Waals surface area contributed by atoms with Crippen LogP contribution in [0.1, 0.15) is 32.1 Å². The molecule has 2 amide bonds. The second-order valence-electron chi connectivity index (χ2n) is 5.26. The van der Waals surface area contributed by atoms with Crippen LogP contribution in [0, 0.1) is 5.92 Å². The quantitative estimate of drug-likeness (QED) is 0.720. The molecule has 4 nitrogen and oxygen atoms in total. The van der Waals surface area contributed by atoms with Crippen molar-refractivity contribution in [3.8, 4) is 0 Å². The highest BCUT2D eigenvalue weighted by Crippen LogP contribution is 2.35. The van der Waals surface area contributed by atoms with Gasteiger partial charge in [-0.05, 0) is 31.6 Å². The largest absolute Gasteiger partial charge is 0.344 e. The van der Waals surface area contributed by atoms with Gasteiger partial charge in [-0.15, -0.1) is 0 Å². The molecular formula is C13H18N2O2. The molecule has 3 aliphatic rings. The molecule has 1 heterocycles. The molecule has 2 aliphatic carbocycles. The monoisotopic (exact) mass is 234 g/mol. The Bertz CT molecular complexity index is 366. The van der Waals surface area contributed by atoms with Crippen molar-refractivity contribution in [2.45, 2.75) is 44.2 Å². The van der Waals surface area contributed by atoms with Crippen LogP contribution in [0.25, 0.3) is 0 Å². The van der Waals surface area contributed by atoms with Crippen LogP contribution in [-0.2, 0) is 9.59 Å². The highest BCUT2D eigenvalue weighted by molar-refractivity contribution is 5.90.